The maximum atomic E-state index is 6.01. The van der Waals surface area contributed by atoms with Gasteiger partial charge in [-0.2, -0.15) is 0 Å². The largest absolute Gasteiger partial charge is 0.456 e. The summed E-state index contributed by atoms with van der Waals surface area (Å²) in [5.74, 6) is 0. The number of nitrogens with one attached hydrogen (secondary N) is 4. The maximum absolute atomic E-state index is 6.01. The second-order valence-electron chi connectivity index (χ2n) is 29.8. The first-order valence-electron chi connectivity index (χ1n) is 40.5. The Morgan fingerprint density at radius 1 is 0.134 bits per heavy atom. The third-order valence-electron chi connectivity index (χ3n) is 22.2. The van der Waals surface area contributed by atoms with Crippen LogP contribution in [0.1, 0.15) is 0 Å². The fourth-order valence-electron chi connectivity index (χ4n) is 16.2. The van der Waals surface area contributed by atoms with Crippen molar-refractivity contribution in [2.45, 2.75) is 0 Å². The molecule has 0 radical (unpaired) electrons. The van der Waals surface area contributed by atoms with Crippen molar-refractivity contribution >= 4 is 132 Å². The molecule has 22 aromatic rings. The minimum absolute atomic E-state index is 0.897. The van der Waals surface area contributed by atoms with Gasteiger partial charge in [0.05, 0.1) is 0 Å². The Hall–Kier alpha value is -15.8. The molecule has 0 aliphatic rings. The van der Waals surface area contributed by atoms with Gasteiger partial charge in [0.1, 0.15) is 11.2 Å². The highest BCUT2D eigenvalue weighted by Gasteiger charge is 2.13. The Kier molecular flexibility index (Phi) is 21.0. The Morgan fingerprint density at radius 2 is 0.395 bits per heavy atom. The van der Waals surface area contributed by atoms with Crippen LogP contribution in [0, 0.1) is 0 Å². The standard InChI is InChI=1S/C32H23N.C28H19NO.C28H21N.C26H19N/c1-3-11-29-23(7-1)9-5-13-31(29)25-15-19-27(20-16-25)33-28-21-17-26(18-22-28)32-14-6-10-24-8-2-4-12-30(24)32;1-2-8-23-19(6-1)7-5-10-24(23)20-12-14-21(15-13-20)29-22-16-17-26-25-9-3-4-11-27(25)30-28(26)18-22;1-2-7-21(8-3-1)22-13-17-25(18-14-22)29-26-19-15-24(16-20-26)28-12-6-10-23-9-4-5-11-27(23)28;1-2-8-19(9-3-1)20-14-16-22(17-15-20)27-26-18-21-10-4-5-11-23(21)24-12-6-7-13-25(24)26/h1-22,33H;1-18,29H;1-20,29H;1-18,27H. The molecule has 22 rings (SSSR count). The highest BCUT2D eigenvalue weighted by atomic mass is 16.3. The third kappa shape index (κ3) is 16.4. The number of hydrogen-bond donors (Lipinski definition) is 4. The molecule has 21 aromatic carbocycles. The summed E-state index contributed by atoms with van der Waals surface area (Å²) in [4.78, 5) is 0. The lowest BCUT2D eigenvalue weighted by atomic mass is 9.98. The highest BCUT2D eigenvalue weighted by Crippen LogP contribution is 2.39. The topological polar surface area (TPSA) is 61.3 Å². The van der Waals surface area contributed by atoms with E-state index in [1.807, 2.05) is 30.3 Å². The minimum atomic E-state index is 0.897. The van der Waals surface area contributed by atoms with E-state index < -0.39 is 0 Å². The van der Waals surface area contributed by atoms with Crippen LogP contribution < -0.4 is 21.3 Å². The minimum Gasteiger partial charge on any atom is -0.456 e. The van der Waals surface area contributed by atoms with Crippen LogP contribution in [-0.4, -0.2) is 0 Å². The third-order valence-corrected chi connectivity index (χ3v) is 22.2. The Labute approximate surface area is 693 Å². The number of furan rings is 1. The molecule has 0 aliphatic carbocycles. The smallest absolute Gasteiger partial charge is 0.137 e. The summed E-state index contributed by atoms with van der Waals surface area (Å²) in [6.07, 6.45) is 0. The van der Waals surface area contributed by atoms with Gasteiger partial charge in [0, 0.05) is 67.7 Å². The molecule has 564 valence electrons. The molecule has 0 aliphatic heterocycles. The van der Waals surface area contributed by atoms with Crippen molar-refractivity contribution < 1.29 is 4.42 Å². The molecule has 0 unspecified atom stereocenters. The van der Waals surface area contributed by atoms with Crippen LogP contribution in [-0.2, 0) is 0 Å². The van der Waals surface area contributed by atoms with E-state index >= 15 is 0 Å². The van der Waals surface area contributed by atoms with E-state index in [2.05, 4.69) is 464 Å². The number of benzene rings is 21. The molecule has 4 N–H and O–H groups in total. The Bertz CT molecular complexity index is 7150. The van der Waals surface area contributed by atoms with Crippen molar-refractivity contribution in [3.8, 4) is 66.8 Å². The van der Waals surface area contributed by atoms with Gasteiger partial charge < -0.3 is 25.7 Å². The summed E-state index contributed by atoms with van der Waals surface area (Å²) in [7, 11) is 0. The first-order chi connectivity index (χ1) is 58.9. The molecule has 5 heteroatoms. The van der Waals surface area contributed by atoms with Crippen LogP contribution in [0.4, 0.5) is 45.5 Å². The summed E-state index contributed by atoms with van der Waals surface area (Å²) >= 11 is 0. The SMILES string of the molecule is c1ccc(-c2ccc(Nc3cc4ccccc4c4ccccc34)cc2)cc1.c1ccc(-c2ccc(Nc3ccc(-c4cccc5ccccc45)cc3)cc2)cc1.c1ccc2c(-c3ccc(Nc4ccc(-c5cccc6ccccc56)cc4)cc3)cccc2c1.c1ccc2c(-c3ccc(Nc4ccc5c(c4)oc4ccccc45)cc3)cccc2c1. The van der Waals surface area contributed by atoms with Gasteiger partial charge in [-0.1, -0.05) is 370 Å². The number of rotatable bonds is 14. The van der Waals surface area contributed by atoms with E-state index in [0.29, 0.717) is 0 Å². The average molecular weight is 1520 g/mol. The molecule has 0 spiro atoms. The highest BCUT2D eigenvalue weighted by molar-refractivity contribution is 6.14. The van der Waals surface area contributed by atoms with Gasteiger partial charge in [0.15, 0.2) is 0 Å². The van der Waals surface area contributed by atoms with Gasteiger partial charge in [0.25, 0.3) is 0 Å². The molecule has 0 fully saturated rings. The molecule has 119 heavy (non-hydrogen) atoms. The van der Waals surface area contributed by atoms with Crippen LogP contribution in [0.15, 0.2) is 478 Å². The van der Waals surface area contributed by atoms with Crippen molar-refractivity contribution in [3.63, 3.8) is 0 Å². The second-order valence-corrected chi connectivity index (χ2v) is 29.8. The predicted molar refractivity (Wildman–Crippen MR) is 510 cm³/mol. The summed E-state index contributed by atoms with van der Waals surface area (Å²) < 4.78 is 6.01. The van der Waals surface area contributed by atoms with Crippen LogP contribution >= 0.6 is 0 Å². The van der Waals surface area contributed by atoms with Crippen molar-refractivity contribution in [2.75, 3.05) is 21.3 Å². The number of hydrogen-bond acceptors (Lipinski definition) is 5. The zero-order chi connectivity index (χ0) is 79.5. The monoisotopic (exact) mass is 1520 g/mol. The van der Waals surface area contributed by atoms with Gasteiger partial charge in [-0.15, -0.1) is 0 Å². The van der Waals surface area contributed by atoms with Crippen molar-refractivity contribution in [2.24, 2.45) is 0 Å². The van der Waals surface area contributed by atoms with E-state index in [4.69, 9.17) is 4.42 Å². The first-order valence-corrected chi connectivity index (χ1v) is 40.5. The normalized spacial score (nSPS) is 11.0. The zero-order valence-corrected chi connectivity index (χ0v) is 65.4. The first kappa shape index (κ1) is 73.4. The van der Waals surface area contributed by atoms with Crippen LogP contribution in [0.25, 0.3) is 153 Å². The van der Waals surface area contributed by atoms with Crippen molar-refractivity contribution in [3.05, 3.63) is 473 Å². The van der Waals surface area contributed by atoms with Crippen molar-refractivity contribution in [1.82, 2.24) is 0 Å². The second kappa shape index (κ2) is 34.1. The van der Waals surface area contributed by atoms with Gasteiger partial charge in [-0.3, -0.25) is 0 Å². The molecule has 5 nitrogen and oxygen atoms in total. The van der Waals surface area contributed by atoms with E-state index in [-0.39, 0.29) is 0 Å². The lowest BCUT2D eigenvalue weighted by Crippen LogP contribution is -1.92. The Balaban J connectivity index is 0.000000105. The predicted octanol–water partition coefficient (Wildman–Crippen LogP) is 32.5. The summed E-state index contributed by atoms with van der Waals surface area (Å²) in [6, 6.07) is 167. The van der Waals surface area contributed by atoms with E-state index in [1.54, 1.807) is 0 Å². The molecule has 0 saturated carbocycles. The van der Waals surface area contributed by atoms with Gasteiger partial charge in [-0.05, 0) is 223 Å². The summed E-state index contributed by atoms with van der Waals surface area (Å²) in [5.41, 5.74) is 25.3. The summed E-state index contributed by atoms with van der Waals surface area (Å²) in [6.45, 7) is 0. The molecule has 1 aromatic heterocycles. The lowest BCUT2D eigenvalue weighted by Gasteiger charge is -2.13. The average Bonchev–Trinajstić information content (AvgIpc) is 1.39. The van der Waals surface area contributed by atoms with Crippen LogP contribution in [0.5, 0.6) is 0 Å². The van der Waals surface area contributed by atoms with Gasteiger partial charge >= 0.3 is 0 Å². The maximum Gasteiger partial charge on any atom is 0.137 e. The van der Waals surface area contributed by atoms with E-state index in [1.165, 1.54) is 131 Å². The van der Waals surface area contributed by atoms with Crippen LogP contribution in [0.3, 0.4) is 0 Å². The molecule has 0 atom stereocenters. The molecule has 0 bridgehead atoms. The molecular weight excluding hydrogens is 1440 g/mol. The van der Waals surface area contributed by atoms with Gasteiger partial charge in [-0.25, -0.2) is 0 Å². The van der Waals surface area contributed by atoms with E-state index in [0.717, 1.165) is 67.4 Å². The zero-order valence-electron chi connectivity index (χ0n) is 65.4. The van der Waals surface area contributed by atoms with Crippen LogP contribution in [0.2, 0.25) is 0 Å². The summed E-state index contributed by atoms with van der Waals surface area (Å²) in [5, 5.41) is 31.7. The fraction of sp³-hybridized carbons (Fsp3) is 0. The Morgan fingerprint density at radius 3 is 0.782 bits per heavy atom. The number of para-hydroxylation sites is 1. The molecule has 1 heterocycles. The molecular formula is C114H82N4O. The molecule has 0 amide bonds. The number of anilines is 8. The van der Waals surface area contributed by atoms with E-state index in [9.17, 15) is 0 Å². The van der Waals surface area contributed by atoms with Crippen molar-refractivity contribution in [1.29, 1.82) is 0 Å². The number of fused-ring (bicyclic) bond motifs is 10. The molecule has 0 saturated heterocycles. The van der Waals surface area contributed by atoms with Gasteiger partial charge in [0.2, 0.25) is 0 Å². The lowest BCUT2D eigenvalue weighted by molar-refractivity contribution is 0.669. The quantitative estimate of drug-likeness (QED) is 0.0818. The fourth-order valence-corrected chi connectivity index (χ4v) is 16.2.